The van der Waals surface area contributed by atoms with Crippen LogP contribution in [-0.2, 0) is 9.47 Å². The van der Waals surface area contributed by atoms with Crippen molar-refractivity contribution in [1.29, 1.82) is 0 Å². The average Bonchev–Trinajstić information content (AvgIpc) is 2.29. The Labute approximate surface area is 72.4 Å². The third-order valence-electron chi connectivity index (χ3n) is 1.84. The van der Waals surface area contributed by atoms with Crippen LogP contribution in [-0.4, -0.2) is 18.4 Å². The topological polar surface area (TPSA) is 35.5 Å². The van der Waals surface area contributed by atoms with Gasteiger partial charge in [-0.1, -0.05) is 27.4 Å². The first-order chi connectivity index (χ1) is 5.45. The molecule has 1 aliphatic heterocycles. The van der Waals surface area contributed by atoms with Crippen LogP contribution < -0.4 is 0 Å². The maximum Gasteiger partial charge on any atom is 0.509 e. The summed E-state index contributed by atoms with van der Waals surface area (Å²) >= 11 is 0. The number of carbonyl (C=O) groups excluding carboxylic acids is 1. The third-order valence-corrected chi connectivity index (χ3v) is 1.84. The number of ether oxygens (including phenoxy) is 2. The Kier molecular flexibility index (Phi) is 2.13. The summed E-state index contributed by atoms with van der Waals surface area (Å²) in [6.45, 7) is 9.57. The van der Waals surface area contributed by atoms with Gasteiger partial charge in [0, 0.05) is 5.41 Å². The Morgan fingerprint density at radius 3 is 2.33 bits per heavy atom. The molecular formula is C9H14O3. The van der Waals surface area contributed by atoms with Gasteiger partial charge >= 0.3 is 6.16 Å². The fraction of sp³-hybridized carbons (Fsp3) is 0.667. The summed E-state index contributed by atoms with van der Waals surface area (Å²) < 4.78 is 9.87. The minimum Gasteiger partial charge on any atom is -0.426 e. The molecule has 0 radical (unpaired) electrons. The van der Waals surface area contributed by atoms with E-state index >= 15 is 0 Å². The summed E-state index contributed by atoms with van der Waals surface area (Å²) in [6, 6.07) is 0. The Morgan fingerprint density at radius 2 is 2.00 bits per heavy atom. The Balaban J connectivity index is 2.77. The molecule has 1 fully saturated rings. The molecule has 1 heterocycles. The van der Waals surface area contributed by atoms with Crippen molar-refractivity contribution in [3.8, 4) is 0 Å². The second kappa shape index (κ2) is 2.81. The highest BCUT2D eigenvalue weighted by molar-refractivity contribution is 5.63. The van der Waals surface area contributed by atoms with Crippen LogP contribution in [0.25, 0.3) is 0 Å². The predicted molar refractivity (Wildman–Crippen MR) is 44.8 cm³/mol. The number of hydrogen-bond acceptors (Lipinski definition) is 3. The lowest BCUT2D eigenvalue weighted by Crippen LogP contribution is -2.34. The summed E-state index contributed by atoms with van der Waals surface area (Å²) in [7, 11) is 0. The van der Waals surface area contributed by atoms with Gasteiger partial charge in [0.25, 0.3) is 0 Å². The van der Waals surface area contributed by atoms with Gasteiger partial charge in [-0.05, 0) is 6.08 Å². The van der Waals surface area contributed by atoms with Crippen LogP contribution in [0.1, 0.15) is 20.8 Å². The van der Waals surface area contributed by atoms with Crippen molar-refractivity contribution < 1.29 is 14.3 Å². The van der Waals surface area contributed by atoms with E-state index in [9.17, 15) is 4.79 Å². The zero-order valence-corrected chi connectivity index (χ0v) is 7.66. The molecule has 12 heavy (non-hydrogen) atoms. The molecule has 0 bridgehead atoms. The molecule has 0 aromatic heterocycles. The third kappa shape index (κ3) is 1.60. The predicted octanol–water partition coefficient (Wildman–Crippen LogP) is 2.12. The van der Waals surface area contributed by atoms with Gasteiger partial charge in [-0.3, -0.25) is 0 Å². The lowest BCUT2D eigenvalue weighted by atomic mass is 9.86. The zero-order chi connectivity index (χ0) is 9.35. The van der Waals surface area contributed by atoms with Gasteiger partial charge in [0.05, 0.1) is 0 Å². The first kappa shape index (κ1) is 9.10. The molecule has 68 valence electrons. The summed E-state index contributed by atoms with van der Waals surface area (Å²) in [5, 5.41) is 0. The van der Waals surface area contributed by atoms with Crippen LogP contribution in [0, 0.1) is 5.41 Å². The van der Waals surface area contributed by atoms with Crippen LogP contribution in [0.4, 0.5) is 4.79 Å². The van der Waals surface area contributed by atoms with Gasteiger partial charge in [0.15, 0.2) is 12.2 Å². The number of carbonyl (C=O) groups is 1. The van der Waals surface area contributed by atoms with Crippen LogP contribution in [0.2, 0.25) is 0 Å². The van der Waals surface area contributed by atoms with Gasteiger partial charge < -0.3 is 9.47 Å². The maximum absolute atomic E-state index is 10.8. The Morgan fingerprint density at radius 1 is 1.42 bits per heavy atom. The SMILES string of the molecule is C=C[C@@H]1OC(=O)O[C@H]1C(C)(C)C. The van der Waals surface area contributed by atoms with E-state index in [4.69, 9.17) is 9.47 Å². The van der Waals surface area contributed by atoms with E-state index in [1.807, 2.05) is 20.8 Å². The molecule has 0 aliphatic carbocycles. The summed E-state index contributed by atoms with van der Waals surface area (Å²) in [5.41, 5.74) is -0.106. The minimum atomic E-state index is -0.597. The molecule has 0 N–H and O–H groups in total. The van der Waals surface area contributed by atoms with Gasteiger partial charge in [-0.25, -0.2) is 4.79 Å². The fourth-order valence-corrected chi connectivity index (χ4v) is 1.21. The highest BCUT2D eigenvalue weighted by atomic mass is 16.8. The van der Waals surface area contributed by atoms with Gasteiger partial charge in [-0.15, -0.1) is 0 Å². The molecule has 0 aromatic carbocycles. The second-order valence-electron chi connectivity index (χ2n) is 3.97. The Hall–Kier alpha value is -0.990. The van der Waals surface area contributed by atoms with Crippen LogP contribution in [0.5, 0.6) is 0 Å². The van der Waals surface area contributed by atoms with Crippen molar-refractivity contribution in [1.82, 2.24) is 0 Å². The van der Waals surface area contributed by atoms with E-state index in [-0.39, 0.29) is 17.6 Å². The quantitative estimate of drug-likeness (QED) is 0.446. The molecule has 0 saturated carbocycles. The molecule has 3 nitrogen and oxygen atoms in total. The van der Waals surface area contributed by atoms with E-state index in [1.54, 1.807) is 6.08 Å². The van der Waals surface area contributed by atoms with E-state index in [2.05, 4.69) is 6.58 Å². The lowest BCUT2D eigenvalue weighted by Gasteiger charge is -2.26. The summed E-state index contributed by atoms with van der Waals surface area (Å²) in [5.74, 6) is 0. The maximum atomic E-state index is 10.8. The summed E-state index contributed by atoms with van der Waals surface area (Å²) in [4.78, 5) is 10.8. The average molecular weight is 170 g/mol. The molecule has 0 spiro atoms. The van der Waals surface area contributed by atoms with Gasteiger partial charge in [-0.2, -0.15) is 0 Å². The molecule has 1 saturated heterocycles. The largest absolute Gasteiger partial charge is 0.509 e. The summed E-state index contributed by atoms with van der Waals surface area (Å²) in [6.07, 6.45) is 0.473. The van der Waals surface area contributed by atoms with Crippen LogP contribution in [0.15, 0.2) is 12.7 Å². The molecule has 0 unspecified atom stereocenters. The van der Waals surface area contributed by atoms with E-state index in [0.29, 0.717) is 0 Å². The van der Waals surface area contributed by atoms with Crippen molar-refractivity contribution in [2.45, 2.75) is 33.0 Å². The zero-order valence-electron chi connectivity index (χ0n) is 7.66. The van der Waals surface area contributed by atoms with Gasteiger partial charge in [0.2, 0.25) is 0 Å². The standard InChI is InChI=1S/C9H14O3/c1-5-6-7(9(2,3)4)12-8(10)11-6/h5-7H,1H2,2-4H3/t6-,7+/m0/s1. The van der Waals surface area contributed by atoms with E-state index in [0.717, 1.165) is 0 Å². The molecule has 1 rings (SSSR count). The highest BCUT2D eigenvalue weighted by Crippen LogP contribution is 2.31. The molecule has 1 aliphatic rings. The van der Waals surface area contributed by atoms with E-state index < -0.39 is 6.16 Å². The normalized spacial score (nSPS) is 29.4. The first-order valence-corrected chi connectivity index (χ1v) is 3.95. The van der Waals surface area contributed by atoms with Crippen molar-refractivity contribution in [2.75, 3.05) is 0 Å². The monoisotopic (exact) mass is 170 g/mol. The van der Waals surface area contributed by atoms with Crippen LogP contribution in [0.3, 0.4) is 0 Å². The van der Waals surface area contributed by atoms with Crippen LogP contribution >= 0.6 is 0 Å². The number of cyclic esters (lactones) is 2. The molecule has 0 aromatic rings. The van der Waals surface area contributed by atoms with Crippen molar-refractivity contribution in [3.63, 3.8) is 0 Å². The first-order valence-electron chi connectivity index (χ1n) is 3.95. The van der Waals surface area contributed by atoms with Crippen molar-refractivity contribution in [3.05, 3.63) is 12.7 Å². The van der Waals surface area contributed by atoms with Crippen molar-refractivity contribution >= 4 is 6.16 Å². The smallest absolute Gasteiger partial charge is 0.426 e. The minimum absolute atomic E-state index is 0.106. The second-order valence-corrected chi connectivity index (χ2v) is 3.97. The molecular weight excluding hydrogens is 156 g/mol. The number of hydrogen-bond donors (Lipinski definition) is 0. The molecule has 2 atom stereocenters. The highest BCUT2D eigenvalue weighted by Gasteiger charge is 2.42. The van der Waals surface area contributed by atoms with E-state index in [1.165, 1.54) is 0 Å². The molecule has 0 amide bonds. The molecule has 3 heteroatoms. The fourth-order valence-electron chi connectivity index (χ4n) is 1.21. The van der Waals surface area contributed by atoms with Crippen molar-refractivity contribution in [2.24, 2.45) is 5.41 Å². The Bertz CT molecular complexity index is 202. The lowest BCUT2D eigenvalue weighted by molar-refractivity contribution is 0.0627. The number of rotatable bonds is 1. The van der Waals surface area contributed by atoms with Gasteiger partial charge in [0.1, 0.15) is 0 Å².